The Morgan fingerprint density at radius 1 is 0.449 bits per heavy atom. The first kappa shape index (κ1) is 29.0. The van der Waals surface area contributed by atoms with E-state index in [0.717, 1.165) is 49.5 Å². The van der Waals surface area contributed by atoms with Gasteiger partial charge in [0, 0.05) is 55.9 Å². The standard InChI is InChI=1S/C38H24N9O.Zn/c1-47-18-16-21(17-19-47)48-22-14-15-29-30(20-22)38-45-36-28-13-7-6-12-27(28)34(43-36)41-32-24-9-3-2-8-23(24)31(39-32)40-33-25-10-4-5-11-26(25)35(42-33)44-37(29)46-38;/h2-20H,1H3,(H2,39,40,41,42,43,44,45,46);/q+1;+2. The zero-order valence-electron chi connectivity index (χ0n) is 26.2. The molecule has 0 aliphatic carbocycles. The van der Waals surface area contributed by atoms with Crippen LogP contribution in [0.5, 0.6) is 11.5 Å². The van der Waals surface area contributed by atoms with Crippen molar-refractivity contribution in [3.05, 3.63) is 116 Å². The molecule has 0 amide bonds. The molecule has 0 unspecified atom stereocenters. The number of rotatable bonds is 2. The maximum Gasteiger partial charge on any atom is 2.00 e. The molecular weight excluding hydrogens is 664 g/mol. The molecule has 0 radical (unpaired) electrons. The van der Waals surface area contributed by atoms with Crippen molar-refractivity contribution in [2.24, 2.45) is 7.05 Å². The van der Waals surface area contributed by atoms with Gasteiger partial charge in [-0.15, -0.1) is 0 Å². The Morgan fingerprint density at radius 2 is 0.857 bits per heavy atom. The Balaban J connectivity index is 0.00000325. The van der Waals surface area contributed by atoms with Gasteiger partial charge >= 0.3 is 19.5 Å². The third-order valence-electron chi connectivity index (χ3n) is 8.71. The minimum atomic E-state index is 0. The van der Waals surface area contributed by atoms with Crippen LogP contribution in [0.2, 0.25) is 0 Å². The molecule has 226 valence electrons. The van der Waals surface area contributed by atoms with Crippen LogP contribution in [0.4, 0.5) is 0 Å². The molecule has 10 nitrogen and oxygen atoms in total. The number of nitrogens with one attached hydrogen (secondary N) is 2. The number of aromatic nitrogens is 9. The Hall–Kier alpha value is -6.19. The molecule has 0 saturated heterocycles. The summed E-state index contributed by atoms with van der Waals surface area (Å²) in [6.07, 6.45) is 3.89. The van der Waals surface area contributed by atoms with E-state index in [9.17, 15) is 0 Å². The first-order valence-electron chi connectivity index (χ1n) is 15.5. The van der Waals surface area contributed by atoms with Crippen LogP contribution >= 0.6 is 0 Å². The van der Waals surface area contributed by atoms with E-state index in [4.69, 9.17) is 34.6 Å². The van der Waals surface area contributed by atoms with Gasteiger partial charge in [0.25, 0.3) is 0 Å². The summed E-state index contributed by atoms with van der Waals surface area (Å²) in [4.78, 5) is 37.2. The zero-order chi connectivity index (χ0) is 31.8. The number of ether oxygens (including phenoxy) is 1. The number of hydrogen-bond donors (Lipinski definition) is 2. The van der Waals surface area contributed by atoms with E-state index in [1.807, 2.05) is 127 Å². The van der Waals surface area contributed by atoms with E-state index < -0.39 is 0 Å². The number of fused-ring (bicyclic) bond motifs is 20. The van der Waals surface area contributed by atoms with Gasteiger partial charge in [0.15, 0.2) is 35.7 Å². The van der Waals surface area contributed by atoms with Crippen molar-refractivity contribution >= 4 is 44.1 Å². The summed E-state index contributed by atoms with van der Waals surface area (Å²) in [5.41, 5.74) is 6.13. The van der Waals surface area contributed by atoms with E-state index in [-0.39, 0.29) is 19.5 Å². The molecule has 4 aromatic heterocycles. The van der Waals surface area contributed by atoms with Crippen molar-refractivity contribution in [2.45, 2.75) is 0 Å². The van der Waals surface area contributed by atoms with Crippen LogP contribution in [0.3, 0.4) is 0 Å². The van der Waals surface area contributed by atoms with Crippen molar-refractivity contribution < 1.29 is 28.8 Å². The number of aromatic amines is 2. The molecule has 49 heavy (non-hydrogen) atoms. The second-order valence-corrected chi connectivity index (χ2v) is 11.8. The maximum atomic E-state index is 6.25. The molecule has 8 bridgehead atoms. The Labute approximate surface area is 291 Å². The Bertz CT molecular complexity index is 2790. The quantitative estimate of drug-likeness (QED) is 0.143. The second-order valence-electron chi connectivity index (χ2n) is 11.8. The molecule has 11 heteroatoms. The van der Waals surface area contributed by atoms with Crippen LogP contribution in [0.25, 0.3) is 89.7 Å². The largest absolute Gasteiger partial charge is 2.00 e. The third kappa shape index (κ3) is 4.78. The van der Waals surface area contributed by atoms with Gasteiger partial charge in [0.1, 0.15) is 41.1 Å². The van der Waals surface area contributed by atoms with Gasteiger partial charge in [-0.25, -0.2) is 34.5 Å². The predicted molar refractivity (Wildman–Crippen MR) is 184 cm³/mol. The third-order valence-corrected chi connectivity index (χ3v) is 8.71. The van der Waals surface area contributed by atoms with Crippen LogP contribution in [-0.2, 0) is 26.5 Å². The Morgan fingerprint density at radius 3 is 1.33 bits per heavy atom. The van der Waals surface area contributed by atoms with Crippen molar-refractivity contribution in [3.8, 4) is 57.1 Å². The normalized spacial score (nSPS) is 11.6. The van der Waals surface area contributed by atoms with Gasteiger partial charge in [0.2, 0.25) is 0 Å². The molecule has 10 rings (SSSR count). The van der Waals surface area contributed by atoms with Gasteiger partial charge in [0.05, 0.1) is 0 Å². The minimum absolute atomic E-state index is 0. The number of aryl methyl sites for hydroxylation is 1. The maximum absolute atomic E-state index is 6.25. The summed E-state index contributed by atoms with van der Waals surface area (Å²) in [6, 6.07) is 33.8. The molecule has 0 spiro atoms. The minimum Gasteiger partial charge on any atom is -0.457 e. The van der Waals surface area contributed by atoms with E-state index in [1.165, 1.54) is 0 Å². The van der Waals surface area contributed by atoms with Crippen LogP contribution in [0, 0.1) is 0 Å². The predicted octanol–water partition coefficient (Wildman–Crippen LogP) is 7.48. The van der Waals surface area contributed by atoms with Crippen molar-refractivity contribution in [2.75, 3.05) is 0 Å². The van der Waals surface area contributed by atoms with Crippen molar-refractivity contribution in [1.82, 2.24) is 39.9 Å². The Kier molecular flexibility index (Phi) is 6.63. The number of H-pyrrole nitrogens is 2. The smallest absolute Gasteiger partial charge is 0.457 e. The molecule has 8 aromatic rings. The summed E-state index contributed by atoms with van der Waals surface area (Å²) in [7, 11) is 1.97. The fraction of sp³-hybridized carbons (Fsp3) is 0.0263. The monoisotopic (exact) mass is 686 g/mol. The molecule has 6 heterocycles. The van der Waals surface area contributed by atoms with Gasteiger partial charge in [-0.1, -0.05) is 72.8 Å². The molecule has 2 N–H and O–H groups in total. The molecule has 2 aliphatic rings. The molecule has 0 saturated carbocycles. The summed E-state index contributed by atoms with van der Waals surface area (Å²) in [6.45, 7) is 0. The second kappa shape index (κ2) is 11.2. The van der Waals surface area contributed by atoms with Crippen LogP contribution in [0.1, 0.15) is 0 Å². The van der Waals surface area contributed by atoms with Crippen molar-refractivity contribution in [1.29, 1.82) is 0 Å². The van der Waals surface area contributed by atoms with Crippen molar-refractivity contribution in [3.63, 3.8) is 0 Å². The zero-order valence-corrected chi connectivity index (χ0v) is 29.2. The SMILES string of the molecule is C[n+]1ccc(Oc2ccc3c4nc5nc(nc6[nH]c(nc7nc(nc([nH]4)c3c2)-c2ccccc2-7)c2ccccc62)-c2ccccc2-5)cc1.[Zn+2]. The number of pyridine rings is 1. The molecular formula is C38H24N9OZn+3. The fourth-order valence-electron chi connectivity index (χ4n) is 6.38. The molecule has 0 atom stereocenters. The van der Waals surface area contributed by atoms with E-state index >= 15 is 0 Å². The summed E-state index contributed by atoms with van der Waals surface area (Å²) in [5.74, 6) is 3.65. The van der Waals surface area contributed by atoms with Gasteiger partial charge < -0.3 is 14.7 Å². The average Bonchev–Trinajstić information content (AvgIpc) is 3.85. The average molecular weight is 688 g/mol. The van der Waals surface area contributed by atoms with Gasteiger partial charge in [-0.2, -0.15) is 0 Å². The number of hydrogen-bond acceptors (Lipinski definition) is 7. The van der Waals surface area contributed by atoms with Crippen LogP contribution < -0.4 is 9.30 Å². The fourth-order valence-corrected chi connectivity index (χ4v) is 6.38. The molecule has 2 aliphatic heterocycles. The molecule has 0 fully saturated rings. The molecule has 4 aromatic carbocycles. The first-order valence-corrected chi connectivity index (χ1v) is 15.5. The first-order chi connectivity index (χ1) is 23.6. The van der Waals surface area contributed by atoms with E-state index in [1.54, 1.807) is 0 Å². The summed E-state index contributed by atoms with van der Waals surface area (Å²) >= 11 is 0. The van der Waals surface area contributed by atoms with Crippen LogP contribution in [0.15, 0.2) is 116 Å². The van der Waals surface area contributed by atoms with E-state index in [0.29, 0.717) is 51.6 Å². The topological polar surface area (TPSA) is 122 Å². The van der Waals surface area contributed by atoms with E-state index in [2.05, 4.69) is 9.97 Å². The summed E-state index contributed by atoms with van der Waals surface area (Å²) in [5, 5.41) is 3.58. The number of benzene rings is 4. The number of nitrogens with zero attached hydrogens (tertiary/aromatic N) is 7. The van der Waals surface area contributed by atoms with Crippen LogP contribution in [-0.4, -0.2) is 39.9 Å². The summed E-state index contributed by atoms with van der Waals surface area (Å²) < 4.78 is 8.21. The van der Waals surface area contributed by atoms with Gasteiger partial charge in [-0.05, 0) is 18.2 Å². The van der Waals surface area contributed by atoms with Gasteiger partial charge in [-0.3, -0.25) is 0 Å².